The summed E-state index contributed by atoms with van der Waals surface area (Å²) in [5, 5.41) is 19.8. The lowest BCUT2D eigenvalue weighted by atomic mass is 10.1. The van der Waals surface area contributed by atoms with Gasteiger partial charge in [0.1, 0.15) is 5.75 Å². The highest BCUT2D eigenvalue weighted by atomic mass is 16.5. The summed E-state index contributed by atoms with van der Waals surface area (Å²) >= 11 is 0. The number of diazo groups is 1. The summed E-state index contributed by atoms with van der Waals surface area (Å²) in [5.41, 5.74) is 0.159. The van der Waals surface area contributed by atoms with Crippen LogP contribution in [0, 0.1) is 5.39 Å². The highest BCUT2D eigenvalue weighted by Crippen LogP contribution is 2.36. The van der Waals surface area contributed by atoms with Crippen LogP contribution in [0.25, 0.3) is 15.7 Å². The normalized spacial score (nSPS) is 9.87. The fourth-order valence-corrected chi connectivity index (χ4v) is 1.50. The number of aromatic hydroxyl groups is 1. The van der Waals surface area contributed by atoms with Crippen molar-refractivity contribution >= 4 is 16.5 Å². The van der Waals surface area contributed by atoms with Gasteiger partial charge in [-0.25, -0.2) is 0 Å². The van der Waals surface area contributed by atoms with E-state index in [0.29, 0.717) is 11.1 Å². The van der Waals surface area contributed by atoms with Crippen molar-refractivity contribution in [1.82, 2.24) is 0 Å². The molecule has 0 saturated heterocycles. The van der Waals surface area contributed by atoms with Crippen molar-refractivity contribution in [2.45, 2.75) is 0 Å². The van der Waals surface area contributed by atoms with Crippen LogP contribution in [0.1, 0.15) is 0 Å². The second-order valence-corrected chi connectivity index (χ2v) is 3.12. The van der Waals surface area contributed by atoms with Crippen molar-refractivity contribution in [2.75, 3.05) is 7.11 Å². The maximum atomic E-state index is 9.48. The first-order valence-electron chi connectivity index (χ1n) is 4.41. The van der Waals surface area contributed by atoms with Gasteiger partial charge in [0.05, 0.1) is 12.5 Å². The van der Waals surface area contributed by atoms with Gasteiger partial charge in [0, 0.05) is 0 Å². The van der Waals surface area contributed by atoms with Gasteiger partial charge in [-0.3, -0.25) is 0 Å². The average molecular weight is 201 g/mol. The molecule has 0 atom stereocenters. The number of hydrogen-bond donors (Lipinski definition) is 1. The van der Waals surface area contributed by atoms with Crippen LogP contribution in [0.15, 0.2) is 30.3 Å². The second-order valence-electron chi connectivity index (χ2n) is 3.12. The number of ether oxygens (including phenoxy) is 1. The molecule has 74 valence electrons. The van der Waals surface area contributed by atoms with Crippen molar-refractivity contribution < 1.29 is 9.84 Å². The number of phenols is 1. The Morgan fingerprint density at radius 3 is 2.67 bits per heavy atom. The third-order valence-electron chi connectivity index (χ3n) is 2.28. The van der Waals surface area contributed by atoms with Crippen LogP contribution < -0.4 is 4.74 Å². The van der Waals surface area contributed by atoms with Crippen molar-refractivity contribution in [2.24, 2.45) is 0 Å². The third-order valence-corrected chi connectivity index (χ3v) is 2.28. The molecule has 0 radical (unpaired) electrons. The van der Waals surface area contributed by atoms with Gasteiger partial charge in [0.15, 0.2) is 4.98 Å². The smallest absolute Gasteiger partial charge is 0.433 e. The van der Waals surface area contributed by atoms with Gasteiger partial charge in [-0.2, -0.15) is 0 Å². The first kappa shape index (κ1) is 9.28. The largest absolute Gasteiger partial charge is 0.501 e. The minimum atomic E-state index is -0.0572. The Bertz CT molecular complexity index is 558. The van der Waals surface area contributed by atoms with Crippen LogP contribution >= 0.6 is 0 Å². The molecule has 4 heteroatoms. The van der Waals surface area contributed by atoms with E-state index >= 15 is 0 Å². The summed E-state index contributed by atoms with van der Waals surface area (Å²) < 4.78 is 5.06. The lowest BCUT2D eigenvalue weighted by molar-refractivity contribution is 0.415. The van der Waals surface area contributed by atoms with E-state index in [0.717, 1.165) is 5.39 Å². The van der Waals surface area contributed by atoms with Crippen molar-refractivity contribution in [3.05, 3.63) is 35.3 Å². The predicted molar refractivity (Wildman–Crippen MR) is 56.9 cm³/mol. The maximum absolute atomic E-state index is 9.48. The van der Waals surface area contributed by atoms with Crippen LogP contribution in [0.4, 0.5) is 5.69 Å². The van der Waals surface area contributed by atoms with E-state index in [4.69, 9.17) is 10.1 Å². The molecule has 2 aromatic rings. The van der Waals surface area contributed by atoms with Gasteiger partial charge in [-0.1, -0.05) is 12.1 Å². The molecular weight excluding hydrogens is 192 g/mol. The minimum Gasteiger partial charge on any atom is -0.501 e. The van der Waals surface area contributed by atoms with E-state index in [1.807, 2.05) is 6.07 Å². The molecule has 0 aliphatic carbocycles. The van der Waals surface area contributed by atoms with Crippen LogP contribution in [0.2, 0.25) is 0 Å². The fourth-order valence-electron chi connectivity index (χ4n) is 1.50. The molecule has 0 spiro atoms. The van der Waals surface area contributed by atoms with Gasteiger partial charge < -0.3 is 9.84 Å². The third kappa shape index (κ3) is 1.44. The van der Waals surface area contributed by atoms with Gasteiger partial charge >= 0.3 is 5.69 Å². The molecule has 0 fully saturated rings. The molecule has 1 N–H and O–H groups in total. The molecular formula is C11H9N2O2+. The van der Waals surface area contributed by atoms with E-state index < -0.39 is 0 Å². The molecule has 0 bridgehead atoms. The van der Waals surface area contributed by atoms with E-state index in [1.54, 1.807) is 25.3 Å². The number of methoxy groups -OCH3 is 1. The quantitative estimate of drug-likeness (QED) is 0.721. The molecule has 0 heterocycles. The molecule has 0 saturated carbocycles. The number of benzene rings is 2. The molecule has 2 rings (SSSR count). The van der Waals surface area contributed by atoms with Gasteiger partial charge in [0.2, 0.25) is 11.1 Å². The average Bonchev–Trinajstić information content (AvgIpc) is 2.28. The summed E-state index contributed by atoms with van der Waals surface area (Å²) in [6, 6.07) is 8.59. The summed E-state index contributed by atoms with van der Waals surface area (Å²) in [6.07, 6.45) is 0. The number of phenolic OH excluding ortho intramolecular Hbond substituents is 1. The fraction of sp³-hybridized carbons (Fsp3) is 0.0909. The zero-order chi connectivity index (χ0) is 10.8. The number of rotatable bonds is 1. The zero-order valence-corrected chi connectivity index (χ0v) is 8.14. The van der Waals surface area contributed by atoms with E-state index in [2.05, 4.69) is 4.98 Å². The Hall–Kier alpha value is -2.28. The van der Waals surface area contributed by atoms with Crippen LogP contribution in [0.3, 0.4) is 0 Å². The van der Waals surface area contributed by atoms with E-state index in [9.17, 15) is 5.11 Å². The lowest BCUT2D eigenvalue weighted by Gasteiger charge is -2.00. The lowest BCUT2D eigenvalue weighted by Crippen LogP contribution is -1.82. The Kier molecular flexibility index (Phi) is 2.14. The SMILES string of the molecule is COc1ccc2ccc(O)c([N+]#N)c2c1. The molecule has 0 unspecified atom stereocenters. The Labute approximate surface area is 86.3 Å². The summed E-state index contributed by atoms with van der Waals surface area (Å²) in [6.45, 7) is 0. The molecule has 0 aliphatic rings. The van der Waals surface area contributed by atoms with Crippen LogP contribution in [-0.4, -0.2) is 12.2 Å². The molecule has 0 aromatic heterocycles. The van der Waals surface area contributed by atoms with Gasteiger partial charge in [-0.05, 0) is 23.6 Å². The van der Waals surface area contributed by atoms with Gasteiger partial charge in [0.25, 0.3) is 0 Å². The topological polar surface area (TPSA) is 57.6 Å². The van der Waals surface area contributed by atoms with Crippen LogP contribution in [0.5, 0.6) is 11.5 Å². The Balaban J connectivity index is 2.83. The summed E-state index contributed by atoms with van der Waals surface area (Å²) in [7, 11) is 1.56. The number of nitrogens with zero attached hydrogens (tertiary/aromatic N) is 2. The maximum Gasteiger partial charge on any atom is 0.433 e. The van der Waals surface area contributed by atoms with Crippen molar-refractivity contribution in [3.8, 4) is 11.5 Å². The molecule has 4 nitrogen and oxygen atoms in total. The molecule has 0 aliphatic heterocycles. The van der Waals surface area contributed by atoms with E-state index in [1.165, 1.54) is 6.07 Å². The monoisotopic (exact) mass is 201 g/mol. The number of hydrogen-bond acceptors (Lipinski definition) is 3. The van der Waals surface area contributed by atoms with Crippen molar-refractivity contribution in [3.63, 3.8) is 0 Å². The first-order chi connectivity index (χ1) is 7.26. The standard InChI is InChI=1S/C11H8N2O2/c1-15-8-4-2-7-3-5-10(14)11(13-12)9(7)6-8/h2-6H,1H3/p+1. The highest BCUT2D eigenvalue weighted by molar-refractivity contribution is 5.97. The first-order valence-corrected chi connectivity index (χ1v) is 4.41. The second kappa shape index (κ2) is 3.46. The zero-order valence-electron chi connectivity index (χ0n) is 8.14. The van der Waals surface area contributed by atoms with Crippen molar-refractivity contribution in [1.29, 1.82) is 5.39 Å². The van der Waals surface area contributed by atoms with Crippen LogP contribution in [-0.2, 0) is 0 Å². The predicted octanol–water partition coefficient (Wildman–Crippen LogP) is 3.04. The summed E-state index contributed by atoms with van der Waals surface area (Å²) in [4.78, 5) is 3.07. The van der Waals surface area contributed by atoms with E-state index in [-0.39, 0.29) is 11.4 Å². The Morgan fingerprint density at radius 2 is 2.00 bits per heavy atom. The summed E-state index contributed by atoms with van der Waals surface area (Å²) in [5.74, 6) is 0.594. The minimum absolute atomic E-state index is 0.0572. The molecule has 15 heavy (non-hydrogen) atoms. The molecule has 0 amide bonds. The molecule has 2 aromatic carbocycles. The number of fused-ring (bicyclic) bond motifs is 1. The highest BCUT2D eigenvalue weighted by Gasteiger charge is 2.18. The Morgan fingerprint density at radius 1 is 1.27 bits per heavy atom. The van der Waals surface area contributed by atoms with Gasteiger partial charge in [-0.15, -0.1) is 0 Å².